The fourth-order valence-corrected chi connectivity index (χ4v) is 1.43. The van der Waals surface area contributed by atoms with Gasteiger partial charge >= 0.3 is 0 Å². The van der Waals surface area contributed by atoms with E-state index in [1.165, 1.54) is 0 Å². The van der Waals surface area contributed by atoms with Gasteiger partial charge in [-0.15, -0.1) is 0 Å². The molecule has 16 heavy (non-hydrogen) atoms. The molecule has 0 heterocycles. The third kappa shape index (κ3) is 3.76. The Morgan fingerprint density at radius 1 is 0.938 bits per heavy atom. The van der Waals surface area contributed by atoms with E-state index in [0.29, 0.717) is 0 Å². The lowest BCUT2D eigenvalue weighted by Crippen LogP contribution is -2.23. The highest BCUT2D eigenvalue weighted by molar-refractivity contribution is 5.40. The lowest BCUT2D eigenvalue weighted by molar-refractivity contribution is 0.130. The lowest BCUT2D eigenvalue weighted by atomic mass is 9.87. The fraction of sp³-hybridized carbons (Fsp3) is 0.571. The van der Waals surface area contributed by atoms with Gasteiger partial charge in [0.05, 0.1) is 0 Å². The summed E-state index contributed by atoms with van der Waals surface area (Å²) < 4.78 is 5.76. The molecule has 1 aromatic rings. The summed E-state index contributed by atoms with van der Waals surface area (Å²) in [6.07, 6.45) is 0. The Labute approximate surface area is 98.3 Å². The number of rotatable bonds is 1. The van der Waals surface area contributed by atoms with Crippen molar-refractivity contribution in [1.29, 1.82) is 0 Å². The number of phenols is 1. The van der Waals surface area contributed by atoms with Crippen molar-refractivity contribution in [2.45, 2.75) is 52.6 Å². The van der Waals surface area contributed by atoms with Crippen LogP contribution in [0.4, 0.5) is 0 Å². The van der Waals surface area contributed by atoms with Gasteiger partial charge in [-0.3, -0.25) is 0 Å². The minimum Gasteiger partial charge on any atom is -0.508 e. The van der Waals surface area contributed by atoms with Crippen LogP contribution in [0.15, 0.2) is 18.2 Å². The van der Waals surface area contributed by atoms with Gasteiger partial charge in [0.2, 0.25) is 0 Å². The minimum atomic E-state index is -0.247. The summed E-state index contributed by atoms with van der Waals surface area (Å²) in [4.78, 5) is 0. The van der Waals surface area contributed by atoms with Crippen LogP contribution in [0.2, 0.25) is 0 Å². The van der Waals surface area contributed by atoms with Crippen molar-refractivity contribution in [3.05, 3.63) is 23.8 Å². The number of ether oxygens (including phenoxy) is 1. The minimum absolute atomic E-state index is 0.00866. The Morgan fingerprint density at radius 3 is 1.94 bits per heavy atom. The van der Waals surface area contributed by atoms with Gasteiger partial charge < -0.3 is 9.84 Å². The summed E-state index contributed by atoms with van der Waals surface area (Å²) in [5, 5.41) is 9.67. The standard InChI is InChI=1S/C14H22O2/c1-13(2,3)10-7-11(15)9-12(8-10)16-14(4,5)6/h7-9,15H,1-6H3. The summed E-state index contributed by atoms with van der Waals surface area (Å²) in [5.41, 5.74) is 0.837. The van der Waals surface area contributed by atoms with Gasteiger partial charge in [-0.05, 0) is 43.9 Å². The molecule has 0 radical (unpaired) electrons. The van der Waals surface area contributed by atoms with Crippen LogP contribution in [0.25, 0.3) is 0 Å². The van der Waals surface area contributed by atoms with Crippen LogP contribution in [0.5, 0.6) is 11.5 Å². The zero-order valence-electron chi connectivity index (χ0n) is 11.1. The molecule has 1 aromatic carbocycles. The zero-order chi connectivity index (χ0) is 12.6. The van der Waals surface area contributed by atoms with Crippen molar-refractivity contribution < 1.29 is 9.84 Å². The first kappa shape index (κ1) is 12.9. The van der Waals surface area contributed by atoms with Crippen molar-refractivity contribution in [3.8, 4) is 11.5 Å². The largest absolute Gasteiger partial charge is 0.508 e. The quantitative estimate of drug-likeness (QED) is 0.781. The van der Waals surface area contributed by atoms with E-state index in [2.05, 4.69) is 20.8 Å². The molecular formula is C14H22O2. The van der Waals surface area contributed by atoms with E-state index in [0.717, 1.165) is 11.3 Å². The van der Waals surface area contributed by atoms with Crippen LogP contribution in [-0.2, 0) is 5.41 Å². The first-order chi connectivity index (χ1) is 7.08. The van der Waals surface area contributed by atoms with E-state index in [-0.39, 0.29) is 16.8 Å². The zero-order valence-corrected chi connectivity index (χ0v) is 11.1. The van der Waals surface area contributed by atoms with Crippen LogP contribution >= 0.6 is 0 Å². The third-order valence-electron chi connectivity index (χ3n) is 2.18. The van der Waals surface area contributed by atoms with Crippen LogP contribution in [0.3, 0.4) is 0 Å². The van der Waals surface area contributed by atoms with Gasteiger partial charge in [0.25, 0.3) is 0 Å². The van der Waals surface area contributed by atoms with E-state index in [1.807, 2.05) is 26.8 Å². The molecular weight excluding hydrogens is 200 g/mol. The van der Waals surface area contributed by atoms with E-state index < -0.39 is 0 Å². The van der Waals surface area contributed by atoms with Gasteiger partial charge in [0, 0.05) is 6.07 Å². The normalized spacial score (nSPS) is 12.6. The van der Waals surface area contributed by atoms with E-state index in [1.54, 1.807) is 12.1 Å². The maximum Gasteiger partial charge on any atom is 0.124 e. The maximum atomic E-state index is 9.67. The highest BCUT2D eigenvalue weighted by Gasteiger charge is 2.18. The van der Waals surface area contributed by atoms with Crippen LogP contribution in [0, 0.1) is 0 Å². The molecule has 0 saturated heterocycles. The molecule has 90 valence electrons. The Balaban J connectivity index is 3.09. The number of benzene rings is 1. The van der Waals surface area contributed by atoms with Crippen molar-refractivity contribution in [2.24, 2.45) is 0 Å². The van der Waals surface area contributed by atoms with Crippen LogP contribution in [0.1, 0.15) is 47.1 Å². The topological polar surface area (TPSA) is 29.5 Å². The summed E-state index contributed by atoms with van der Waals surface area (Å²) >= 11 is 0. The monoisotopic (exact) mass is 222 g/mol. The Morgan fingerprint density at radius 2 is 1.50 bits per heavy atom. The molecule has 0 aliphatic carbocycles. The summed E-state index contributed by atoms with van der Waals surface area (Å²) in [7, 11) is 0. The first-order valence-corrected chi connectivity index (χ1v) is 5.61. The molecule has 0 saturated carbocycles. The Bertz CT molecular complexity index is 367. The summed E-state index contributed by atoms with van der Waals surface area (Å²) in [6.45, 7) is 12.3. The Hall–Kier alpha value is -1.18. The second-order valence-electron chi connectivity index (χ2n) is 6.18. The van der Waals surface area contributed by atoms with Gasteiger partial charge in [0.1, 0.15) is 17.1 Å². The van der Waals surface area contributed by atoms with Crippen molar-refractivity contribution in [2.75, 3.05) is 0 Å². The maximum absolute atomic E-state index is 9.67. The van der Waals surface area contributed by atoms with Gasteiger partial charge in [-0.1, -0.05) is 20.8 Å². The summed E-state index contributed by atoms with van der Waals surface area (Å²) in [5.74, 6) is 0.976. The second-order valence-corrected chi connectivity index (χ2v) is 6.18. The molecule has 1 N–H and O–H groups in total. The molecule has 0 unspecified atom stereocenters. The fourth-order valence-electron chi connectivity index (χ4n) is 1.43. The average Bonchev–Trinajstić information content (AvgIpc) is 1.97. The number of phenolic OH excluding ortho intramolecular Hbond substituents is 1. The molecule has 2 nitrogen and oxygen atoms in total. The molecule has 0 aromatic heterocycles. The number of aromatic hydroxyl groups is 1. The molecule has 1 rings (SSSR count). The predicted octanol–water partition coefficient (Wildman–Crippen LogP) is 3.87. The van der Waals surface area contributed by atoms with E-state index >= 15 is 0 Å². The van der Waals surface area contributed by atoms with Crippen LogP contribution < -0.4 is 4.74 Å². The molecule has 0 amide bonds. The molecule has 0 atom stereocenters. The number of hydrogen-bond donors (Lipinski definition) is 1. The van der Waals surface area contributed by atoms with Gasteiger partial charge in [0.15, 0.2) is 0 Å². The van der Waals surface area contributed by atoms with E-state index in [4.69, 9.17) is 4.74 Å². The van der Waals surface area contributed by atoms with Crippen molar-refractivity contribution in [1.82, 2.24) is 0 Å². The lowest BCUT2D eigenvalue weighted by Gasteiger charge is -2.24. The first-order valence-electron chi connectivity index (χ1n) is 5.61. The highest BCUT2D eigenvalue weighted by atomic mass is 16.5. The van der Waals surface area contributed by atoms with Gasteiger partial charge in [-0.25, -0.2) is 0 Å². The Kier molecular flexibility index (Phi) is 3.22. The highest BCUT2D eigenvalue weighted by Crippen LogP contribution is 2.31. The smallest absolute Gasteiger partial charge is 0.124 e. The third-order valence-corrected chi connectivity index (χ3v) is 2.18. The SMILES string of the molecule is CC(C)(C)Oc1cc(O)cc(C(C)(C)C)c1. The molecule has 0 fully saturated rings. The number of hydrogen-bond acceptors (Lipinski definition) is 2. The second kappa shape index (κ2) is 4.00. The average molecular weight is 222 g/mol. The van der Waals surface area contributed by atoms with Crippen molar-refractivity contribution in [3.63, 3.8) is 0 Å². The molecule has 0 aliphatic heterocycles. The van der Waals surface area contributed by atoms with Crippen molar-refractivity contribution >= 4 is 0 Å². The molecule has 0 bridgehead atoms. The van der Waals surface area contributed by atoms with Gasteiger partial charge in [-0.2, -0.15) is 0 Å². The molecule has 0 spiro atoms. The predicted molar refractivity (Wildman–Crippen MR) is 67.2 cm³/mol. The summed E-state index contributed by atoms with van der Waals surface area (Å²) in [6, 6.07) is 5.43. The van der Waals surface area contributed by atoms with E-state index in [9.17, 15) is 5.11 Å². The van der Waals surface area contributed by atoms with Crippen LogP contribution in [-0.4, -0.2) is 10.7 Å². The molecule has 0 aliphatic rings. The molecule has 2 heteroatoms.